The summed E-state index contributed by atoms with van der Waals surface area (Å²) in [5, 5.41) is 21.7. The molecule has 0 aliphatic rings. The summed E-state index contributed by atoms with van der Waals surface area (Å²) in [5.41, 5.74) is 3.81. The Hall–Kier alpha value is -3.47. The lowest BCUT2D eigenvalue weighted by Crippen LogP contribution is -1.98. The summed E-state index contributed by atoms with van der Waals surface area (Å²) in [7, 11) is 0. The second kappa shape index (κ2) is 7.75. The molecular formula is C25H24O5. The molecular weight excluding hydrogens is 380 g/mol. The van der Waals surface area contributed by atoms with Gasteiger partial charge in [0, 0.05) is 17.5 Å². The highest BCUT2D eigenvalue weighted by Gasteiger charge is 2.18. The van der Waals surface area contributed by atoms with Gasteiger partial charge >= 0.3 is 5.63 Å². The van der Waals surface area contributed by atoms with Crippen molar-refractivity contribution in [3.05, 3.63) is 69.6 Å². The largest absolute Gasteiger partial charge is 0.508 e. The molecule has 2 N–H and O–H groups in total. The van der Waals surface area contributed by atoms with Gasteiger partial charge in [-0.05, 0) is 63.8 Å². The number of phenols is 2. The zero-order valence-electron chi connectivity index (χ0n) is 17.3. The monoisotopic (exact) mass is 404 g/mol. The van der Waals surface area contributed by atoms with Crippen LogP contribution in [0.2, 0.25) is 0 Å². The zero-order valence-corrected chi connectivity index (χ0v) is 17.3. The molecule has 0 radical (unpaired) electrons. The molecule has 0 aliphatic carbocycles. The molecule has 0 atom stereocenters. The van der Waals surface area contributed by atoms with E-state index in [1.165, 1.54) is 29.3 Å². The zero-order chi connectivity index (χ0) is 21.4. The Morgan fingerprint density at radius 2 is 1.73 bits per heavy atom. The summed E-state index contributed by atoms with van der Waals surface area (Å²) in [6.07, 6.45) is 6.83. The summed E-state index contributed by atoms with van der Waals surface area (Å²) in [4.78, 5) is 12.5. The van der Waals surface area contributed by atoms with Gasteiger partial charge in [-0.25, -0.2) is 4.79 Å². The molecule has 0 spiro atoms. The number of allylic oxidation sites excluding steroid dienone is 4. The maximum atomic E-state index is 12.5. The Morgan fingerprint density at radius 3 is 2.50 bits per heavy atom. The molecule has 5 heteroatoms. The lowest BCUT2D eigenvalue weighted by atomic mass is 10.0. The van der Waals surface area contributed by atoms with Crippen LogP contribution >= 0.6 is 0 Å². The summed E-state index contributed by atoms with van der Waals surface area (Å²) in [6.45, 7) is 6.26. The van der Waals surface area contributed by atoms with Gasteiger partial charge in [-0.2, -0.15) is 0 Å². The number of hydrogen-bond acceptors (Lipinski definition) is 5. The lowest BCUT2D eigenvalue weighted by molar-refractivity contribution is 0.468. The molecule has 2 aromatic heterocycles. The van der Waals surface area contributed by atoms with Crippen molar-refractivity contribution in [2.24, 2.45) is 0 Å². The van der Waals surface area contributed by atoms with E-state index < -0.39 is 5.63 Å². The third kappa shape index (κ3) is 3.71. The summed E-state index contributed by atoms with van der Waals surface area (Å²) < 4.78 is 11.3. The Balaban J connectivity index is 1.79. The summed E-state index contributed by atoms with van der Waals surface area (Å²) in [5.74, 6) is 0.134. The second-order valence-electron chi connectivity index (χ2n) is 7.93. The van der Waals surface area contributed by atoms with E-state index in [2.05, 4.69) is 32.9 Å². The summed E-state index contributed by atoms with van der Waals surface area (Å²) in [6, 6.07) is 7.88. The molecule has 2 aromatic carbocycles. The molecule has 0 aliphatic heterocycles. The lowest BCUT2D eigenvalue weighted by Gasteiger charge is -2.06. The smallest absolute Gasteiger partial charge is 0.348 e. The van der Waals surface area contributed by atoms with Crippen molar-refractivity contribution in [2.45, 2.75) is 40.0 Å². The van der Waals surface area contributed by atoms with E-state index in [0.717, 1.165) is 18.4 Å². The minimum atomic E-state index is -0.538. The number of phenolic OH excluding ortho intramolecular Hbond substituents is 2. The Labute approximate surface area is 173 Å². The fraction of sp³-hybridized carbons (Fsp3) is 0.240. The first kappa shape index (κ1) is 19.8. The van der Waals surface area contributed by atoms with E-state index in [1.54, 1.807) is 12.1 Å². The van der Waals surface area contributed by atoms with Crippen LogP contribution in [0.1, 0.15) is 39.2 Å². The van der Waals surface area contributed by atoms with Gasteiger partial charge in [-0.3, -0.25) is 0 Å². The normalized spacial score (nSPS) is 12.2. The van der Waals surface area contributed by atoms with Crippen LogP contribution in [0.5, 0.6) is 11.5 Å². The Bertz CT molecular complexity index is 1380. The number of rotatable bonds is 5. The maximum absolute atomic E-state index is 12.5. The summed E-state index contributed by atoms with van der Waals surface area (Å²) >= 11 is 0. The van der Waals surface area contributed by atoms with Crippen LogP contribution in [0.15, 0.2) is 67.3 Å². The van der Waals surface area contributed by atoms with E-state index in [0.29, 0.717) is 33.7 Å². The molecule has 0 saturated heterocycles. The average Bonchev–Trinajstić information content (AvgIpc) is 3.05. The van der Waals surface area contributed by atoms with Crippen LogP contribution in [0.3, 0.4) is 0 Å². The van der Waals surface area contributed by atoms with Gasteiger partial charge in [0.25, 0.3) is 0 Å². The molecule has 0 amide bonds. The van der Waals surface area contributed by atoms with E-state index in [4.69, 9.17) is 8.83 Å². The molecule has 0 bridgehead atoms. The standard InChI is InChI=1S/C25H24O5/c1-14(2)5-4-6-15(3)7-8-16-11-19-22(13-20(16)27)30-25(28)23-18-10-9-17(26)12-21(18)29-24(19)23/h5,7,9-13,26-27H,4,6,8H2,1-3H3/b15-7+. The van der Waals surface area contributed by atoms with Crippen LogP contribution in [0.25, 0.3) is 32.9 Å². The number of hydrogen-bond donors (Lipinski definition) is 2. The van der Waals surface area contributed by atoms with Gasteiger partial charge in [0.15, 0.2) is 5.58 Å². The quantitative estimate of drug-likeness (QED) is 0.299. The van der Waals surface area contributed by atoms with Crippen LogP contribution in [-0.4, -0.2) is 10.2 Å². The van der Waals surface area contributed by atoms with Crippen LogP contribution in [0, 0.1) is 0 Å². The molecule has 0 saturated carbocycles. The predicted octanol–water partition coefficient (Wildman–Crippen LogP) is 6.34. The molecule has 154 valence electrons. The molecule has 5 nitrogen and oxygen atoms in total. The minimum Gasteiger partial charge on any atom is -0.508 e. The second-order valence-corrected chi connectivity index (χ2v) is 7.93. The van der Waals surface area contributed by atoms with Crippen molar-refractivity contribution in [1.29, 1.82) is 0 Å². The number of aromatic hydroxyl groups is 2. The van der Waals surface area contributed by atoms with Crippen molar-refractivity contribution in [1.82, 2.24) is 0 Å². The van der Waals surface area contributed by atoms with Crippen LogP contribution in [0.4, 0.5) is 0 Å². The highest BCUT2D eigenvalue weighted by Crippen LogP contribution is 2.35. The molecule has 4 rings (SSSR count). The highest BCUT2D eigenvalue weighted by molar-refractivity contribution is 6.13. The van der Waals surface area contributed by atoms with Gasteiger partial charge in [0.1, 0.15) is 28.1 Å². The van der Waals surface area contributed by atoms with E-state index in [-0.39, 0.29) is 17.1 Å². The van der Waals surface area contributed by atoms with Gasteiger partial charge in [0.2, 0.25) is 0 Å². The number of benzene rings is 2. The SMILES string of the molecule is CC(C)=CCC/C(C)=C/Cc1cc2c(cc1O)oc(=O)c1c3ccc(O)cc3oc21. The fourth-order valence-corrected chi connectivity index (χ4v) is 3.64. The van der Waals surface area contributed by atoms with Gasteiger partial charge in [0.05, 0.1) is 5.39 Å². The molecule has 30 heavy (non-hydrogen) atoms. The van der Waals surface area contributed by atoms with Crippen LogP contribution < -0.4 is 5.63 Å². The first-order valence-corrected chi connectivity index (χ1v) is 9.96. The fourth-order valence-electron chi connectivity index (χ4n) is 3.64. The first-order chi connectivity index (χ1) is 14.3. The van der Waals surface area contributed by atoms with E-state index in [1.807, 2.05) is 0 Å². The highest BCUT2D eigenvalue weighted by atomic mass is 16.4. The van der Waals surface area contributed by atoms with Crippen molar-refractivity contribution in [3.63, 3.8) is 0 Å². The average molecular weight is 404 g/mol. The van der Waals surface area contributed by atoms with Crippen molar-refractivity contribution in [3.8, 4) is 11.5 Å². The van der Waals surface area contributed by atoms with Gasteiger partial charge < -0.3 is 19.0 Å². The van der Waals surface area contributed by atoms with Gasteiger partial charge in [-0.1, -0.05) is 23.3 Å². The maximum Gasteiger partial charge on any atom is 0.348 e. The van der Waals surface area contributed by atoms with E-state index in [9.17, 15) is 15.0 Å². The third-order valence-corrected chi connectivity index (χ3v) is 5.27. The van der Waals surface area contributed by atoms with Crippen LogP contribution in [-0.2, 0) is 6.42 Å². The molecule has 0 fully saturated rings. The topological polar surface area (TPSA) is 83.8 Å². The third-order valence-electron chi connectivity index (χ3n) is 5.27. The van der Waals surface area contributed by atoms with Crippen molar-refractivity contribution < 1.29 is 19.0 Å². The first-order valence-electron chi connectivity index (χ1n) is 9.96. The van der Waals surface area contributed by atoms with Crippen molar-refractivity contribution in [2.75, 3.05) is 0 Å². The minimum absolute atomic E-state index is 0.0577. The number of fused-ring (bicyclic) bond motifs is 5. The van der Waals surface area contributed by atoms with Gasteiger partial charge in [-0.15, -0.1) is 0 Å². The Morgan fingerprint density at radius 1 is 0.967 bits per heavy atom. The Kier molecular flexibility index (Phi) is 5.12. The predicted molar refractivity (Wildman–Crippen MR) is 119 cm³/mol. The molecule has 0 unspecified atom stereocenters. The van der Waals surface area contributed by atoms with Crippen molar-refractivity contribution >= 4 is 32.9 Å². The molecule has 4 aromatic rings. The van der Waals surface area contributed by atoms with E-state index >= 15 is 0 Å². The molecule has 2 heterocycles. The number of furan rings is 1.